The molecule has 1 atom stereocenters. The van der Waals surface area contributed by atoms with Crippen LogP contribution in [0.3, 0.4) is 0 Å². The number of aryl methyl sites for hydroxylation is 1. The molecule has 1 aliphatic heterocycles. The van der Waals surface area contributed by atoms with Crippen molar-refractivity contribution in [3.63, 3.8) is 0 Å². The lowest BCUT2D eigenvalue weighted by Gasteiger charge is -2.13. The Bertz CT molecular complexity index is 934. The van der Waals surface area contributed by atoms with Gasteiger partial charge in [0.05, 0.1) is 12.9 Å². The standard InChI is InChI=1S/C20H17BrIN3O2S/c1-2-12-3-5-14(6-4-12)24-20-25-19(26)17(28-20)11-13-9-15(21)18(16(22)10-13)27-8-7-23/h3-6,9-11,20,24H,2,8H2,1H3,(H,25,26)/b17-11-/t20-/m1/s1. The number of nitrogens with one attached hydrogen (secondary N) is 2. The quantitative estimate of drug-likeness (QED) is 0.373. The van der Waals surface area contributed by atoms with Crippen LogP contribution in [-0.2, 0) is 11.2 Å². The largest absolute Gasteiger partial charge is 0.476 e. The highest BCUT2D eigenvalue weighted by Crippen LogP contribution is 2.35. The van der Waals surface area contributed by atoms with Crippen molar-refractivity contribution < 1.29 is 9.53 Å². The highest BCUT2D eigenvalue weighted by Gasteiger charge is 2.27. The van der Waals surface area contributed by atoms with Crippen LogP contribution >= 0.6 is 50.3 Å². The third-order valence-electron chi connectivity index (χ3n) is 3.99. The Morgan fingerprint density at radius 3 is 2.79 bits per heavy atom. The van der Waals surface area contributed by atoms with E-state index in [9.17, 15) is 4.79 Å². The van der Waals surface area contributed by atoms with Gasteiger partial charge in [-0.2, -0.15) is 5.26 Å². The van der Waals surface area contributed by atoms with Gasteiger partial charge in [-0.25, -0.2) is 0 Å². The maximum absolute atomic E-state index is 12.3. The smallest absolute Gasteiger partial charge is 0.260 e. The molecule has 28 heavy (non-hydrogen) atoms. The third-order valence-corrected chi connectivity index (χ3v) is 6.41. The molecule has 0 saturated carbocycles. The molecule has 144 valence electrons. The molecule has 0 aliphatic carbocycles. The van der Waals surface area contributed by atoms with Crippen LogP contribution in [0, 0.1) is 14.9 Å². The molecule has 3 rings (SSSR count). The Balaban J connectivity index is 1.72. The Morgan fingerprint density at radius 2 is 2.14 bits per heavy atom. The molecular weight excluding hydrogens is 553 g/mol. The minimum absolute atomic E-state index is 0.0140. The minimum Gasteiger partial charge on any atom is -0.476 e. The molecule has 0 bridgehead atoms. The average Bonchev–Trinajstić information content (AvgIpc) is 3.00. The van der Waals surface area contributed by atoms with E-state index >= 15 is 0 Å². The summed E-state index contributed by atoms with van der Waals surface area (Å²) in [6, 6.07) is 14.0. The van der Waals surface area contributed by atoms with Gasteiger partial charge in [0, 0.05) is 5.69 Å². The van der Waals surface area contributed by atoms with Crippen LogP contribution in [0.15, 0.2) is 45.8 Å². The van der Waals surface area contributed by atoms with Crippen molar-refractivity contribution in [2.24, 2.45) is 0 Å². The Labute approximate surface area is 190 Å². The van der Waals surface area contributed by atoms with E-state index < -0.39 is 0 Å². The summed E-state index contributed by atoms with van der Waals surface area (Å²) in [5, 5.41) is 14.9. The molecule has 0 spiro atoms. The van der Waals surface area contributed by atoms with Crippen molar-refractivity contribution in [3.8, 4) is 11.8 Å². The fourth-order valence-electron chi connectivity index (χ4n) is 2.61. The Hall–Kier alpha value is -1.70. The summed E-state index contributed by atoms with van der Waals surface area (Å²) < 4.78 is 7.04. The lowest BCUT2D eigenvalue weighted by Crippen LogP contribution is -2.30. The predicted octanol–water partition coefficient (Wildman–Crippen LogP) is 5.12. The molecule has 1 amide bonds. The van der Waals surface area contributed by atoms with Gasteiger partial charge in [0.2, 0.25) is 0 Å². The SMILES string of the molecule is CCc1ccc(N[C@@H]2NC(=O)/C(=C/c3cc(Br)c(OCC#N)c(I)c3)S2)cc1. The number of thioether (sulfide) groups is 1. The summed E-state index contributed by atoms with van der Waals surface area (Å²) in [4.78, 5) is 13.0. The van der Waals surface area contributed by atoms with Gasteiger partial charge in [0.25, 0.3) is 5.91 Å². The van der Waals surface area contributed by atoms with E-state index in [2.05, 4.69) is 68.2 Å². The van der Waals surface area contributed by atoms with E-state index in [0.717, 1.165) is 25.7 Å². The van der Waals surface area contributed by atoms with Crippen LogP contribution in [0.1, 0.15) is 18.1 Å². The van der Waals surface area contributed by atoms with Crippen LogP contribution < -0.4 is 15.4 Å². The molecule has 0 unspecified atom stereocenters. The lowest BCUT2D eigenvalue weighted by atomic mass is 10.1. The normalized spacial score (nSPS) is 17.3. The lowest BCUT2D eigenvalue weighted by molar-refractivity contribution is -0.116. The molecule has 8 heteroatoms. The number of amides is 1. The molecule has 2 aromatic rings. The molecule has 5 nitrogen and oxygen atoms in total. The average molecular weight is 570 g/mol. The van der Waals surface area contributed by atoms with E-state index in [0.29, 0.717) is 10.7 Å². The van der Waals surface area contributed by atoms with Crippen molar-refractivity contribution in [2.75, 3.05) is 11.9 Å². The zero-order valence-electron chi connectivity index (χ0n) is 15.0. The monoisotopic (exact) mass is 569 g/mol. The van der Waals surface area contributed by atoms with Gasteiger partial charge in [0.15, 0.2) is 12.1 Å². The maximum atomic E-state index is 12.3. The third kappa shape index (κ3) is 5.21. The van der Waals surface area contributed by atoms with Crippen molar-refractivity contribution in [1.82, 2.24) is 5.32 Å². The second-order valence-electron chi connectivity index (χ2n) is 5.94. The molecule has 0 radical (unpaired) electrons. The number of anilines is 1. The first kappa shape index (κ1) is 21.0. The first-order chi connectivity index (χ1) is 13.5. The van der Waals surface area contributed by atoms with E-state index in [4.69, 9.17) is 10.00 Å². The van der Waals surface area contributed by atoms with Gasteiger partial charge in [-0.05, 0) is 86.4 Å². The second kappa shape index (κ2) is 9.67. The number of halogens is 2. The molecule has 1 saturated heterocycles. The predicted molar refractivity (Wildman–Crippen MR) is 125 cm³/mol. The van der Waals surface area contributed by atoms with Gasteiger partial charge in [-0.1, -0.05) is 30.8 Å². The molecule has 1 heterocycles. The van der Waals surface area contributed by atoms with E-state index in [1.165, 1.54) is 17.3 Å². The summed E-state index contributed by atoms with van der Waals surface area (Å²) in [6.07, 6.45) is 2.85. The summed E-state index contributed by atoms with van der Waals surface area (Å²) in [6.45, 7) is 2.11. The van der Waals surface area contributed by atoms with Gasteiger partial charge < -0.3 is 15.4 Å². The number of benzene rings is 2. The number of nitrogens with zero attached hydrogens (tertiary/aromatic N) is 1. The zero-order valence-corrected chi connectivity index (χ0v) is 19.5. The number of nitriles is 1. The van der Waals surface area contributed by atoms with Crippen molar-refractivity contribution in [3.05, 3.63) is 60.5 Å². The van der Waals surface area contributed by atoms with Gasteiger partial charge in [-0.15, -0.1) is 0 Å². The van der Waals surface area contributed by atoms with Crippen LogP contribution in [0.5, 0.6) is 5.75 Å². The van der Waals surface area contributed by atoms with Crippen molar-refractivity contribution in [2.45, 2.75) is 18.8 Å². The minimum atomic E-state index is -0.216. The van der Waals surface area contributed by atoms with E-state index in [1.54, 1.807) is 0 Å². The van der Waals surface area contributed by atoms with E-state index in [1.807, 2.05) is 36.4 Å². The number of ether oxygens (including phenoxy) is 1. The molecule has 0 aromatic heterocycles. The summed E-state index contributed by atoms with van der Waals surface area (Å²) >= 11 is 7.07. The second-order valence-corrected chi connectivity index (χ2v) is 9.10. The first-order valence-electron chi connectivity index (χ1n) is 8.53. The molecule has 2 aromatic carbocycles. The van der Waals surface area contributed by atoms with Crippen LogP contribution in [0.25, 0.3) is 6.08 Å². The topological polar surface area (TPSA) is 74.2 Å². The van der Waals surface area contributed by atoms with Gasteiger partial charge in [0.1, 0.15) is 11.8 Å². The van der Waals surface area contributed by atoms with Crippen LogP contribution in [0.2, 0.25) is 0 Å². The fraction of sp³-hybridized carbons (Fsp3) is 0.200. The van der Waals surface area contributed by atoms with Crippen molar-refractivity contribution >= 4 is 68.0 Å². The van der Waals surface area contributed by atoms with Gasteiger partial charge >= 0.3 is 0 Å². The van der Waals surface area contributed by atoms with E-state index in [-0.39, 0.29) is 18.0 Å². The number of carbonyl (C=O) groups excluding carboxylic acids is 1. The number of rotatable bonds is 6. The first-order valence-corrected chi connectivity index (χ1v) is 11.3. The summed E-state index contributed by atoms with van der Waals surface area (Å²) in [5.41, 5.74) is 2.90. The van der Waals surface area contributed by atoms with Crippen LogP contribution in [-0.4, -0.2) is 18.0 Å². The highest BCUT2D eigenvalue weighted by molar-refractivity contribution is 14.1. The summed E-state index contributed by atoms with van der Waals surface area (Å²) in [7, 11) is 0. The molecule has 1 fully saturated rings. The molecule has 2 N–H and O–H groups in total. The Kier molecular flexibility index (Phi) is 7.26. The zero-order chi connectivity index (χ0) is 20.1. The molecular formula is C20H17BrIN3O2S. The molecule has 1 aliphatic rings. The van der Waals surface area contributed by atoms with Crippen LogP contribution in [0.4, 0.5) is 5.69 Å². The number of hydrogen-bond acceptors (Lipinski definition) is 5. The highest BCUT2D eigenvalue weighted by atomic mass is 127. The van der Waals surface area contributed by atoms with Gasteiger partial charge in [-0.3, -0.25) is 4.79 Å². The summed E-state index contributed by atoms with van der Waals surface area (Å²) in [5.74, 6) is 0.520. The fourth-order valence-corrected chi connectivity index (χ4v) is 5.36. The van der Waals surface area contributed by atoms with Crippen molar-refractivity contribution in [1.29, 1.82) is 5.26 Å². The number of carbonyl (C=O) groups is 1. The Morgan fingerprint density at radius 1 is 1.39 bits per heavy atom. The number of hydrogen-bond donors (Lipinski definition) is 2. The maximum Gasteiger partial charge on any atom is 0.260 e.